The molecule has 2 nitrogen and oxygen atoms in total. The number of thiophene rings is 1. The van der Waals surface area contributed by atoms with E-state index in [4.69, 9.17) is 0 Å². The third kappa shape index (κ3) is 4.34. The Hall–Kier alpha value is -0.830. The minimum atomic E-state index is 0.0553. The number of rotatable bonds is 4. The number of carbonyl (C=O) groups excluding carboxylic acids is 1. The monoisotopic (exact) mass is 279 g/mol. The lowest BCUT2D eigenvalue weighted by Crippen LogP contribution is -2.34. The molecular weight excluding hydrogens is 254 g/mol. The summed E-state index contributed by atoms with van der Waals surface area (Å²) in [6, 6.07) is 4.47. The molecule has 0 unspecified atom stereocenters. The van der Waals surface area contributed by atoms with E-state index in [-0.39, 0.29) is 17.4 Å². The van der Waals surface area contributed by atoms with E-state index in [1.807, 2.05) is 0 Å². The second kappa shape index (κ2) is 6.08. The summed E-state index contributed by atoms with van der Waals surface area (Å²) in [4.78, 5) is 13.5. The van der Waals surface area contributed by atoms with E-state index < -0.39 is 0 Å². The van der Waals surface area contributed by atoms with Crippen LogP contribution in [0.2, 0.25) is 0 Å². The molecule has 1 atom stereocenters. The first-order valence-corrected chi connectivity index (χ1v) is 8.16. The predicted octanol–water partition coefficient (Wildman–Crippen LogP) is 4.53. The maximum Gasteiger partial charge on any atom is 0.221 e. The van der Waals surface area contributed by atoms with Crippen LogP contribution in [-0.2, 0) is 4.79 Å². The Kier molecular flexibility index (Phi) is 4.67. The molecule has 1 fully saturated rings. The molecule has 1 N–H and O–H groups in total. The van der Waals surface area contributed by atoms with E-state index in [9.17, 15) is 4.79 Å². The van der Waals surface area contributed by atoms with Gasteiger partial charge in [-0.05, 0) is 35.6 Å². The van der Waals surface area contributed by atoms with E-state index >= 15 is 0 Å². The van der Waals surface area contributed by atoms with Gasteiger partial charge in [0.2, 0.25) is 5.91 Å². The van der Waals surface area contributed by atoms with Crippen molar-refractivity contribution in [2.45, 2.75) is 58.9 Å². The third-order valence-electron chi connectivity index (χ3n) is 3.73. The summed E-state index contributed by atoms with van der Waals surface area (Å²) in [5.41, 5.74) is 0.0553. The lowest BCUT2D eigenvalue weighted by molar-refractivity contribution is -0.123. The smallest absolute Gasteiger partial charge is 0.221 e. The number of nitrogens with one attached hydrogen (secondary N) is 1. The zero-order valence-corrected chi connectivity index (χ0v) is 13.1. The molecule has 1 aliphatic rings. The molecule has 1 amide bonds. The number of carbonyl (C=O) groups is 1. The van der Waals surface area contributed by atoms with Crippen LogP contribution in [0.1, 0.15) is 63.8 Å². The molecule has 0 radical (unpaired) electrons. The topological polar surface area (TPSA) is 29.1 Å². The van der Waals surface area contributed by atoms with Crippen LogP contribution in [0.25, 0.3) is 0 Å². The van der Waals surface area contributed by atoms with Gasteiger partial charge in [0, 0.05) is 11.3 Å². The second-order valence-corrected chi connectivity index (χ2v) is 7.82. The summed E-state index contributed by atoms with van der Waals surface area (Å²) in [5.74, 6) is 0.820. The van der Waals surface area contributed by atoms with E-state index in [0.29, 0.717) is 12.3 Å². The van der Waals surface area contributed by atoms with Gasteiger partial charge in [0.25, 0.3) is 0 Å². The molecular formula is C16H25NOS. The van der Waals surface area contributed by atoms with Crippen LogP contribution < -0.4 is 5.32 Å². The van der Waals surface area contributed by atoms with Gasteiger partial charge in [-0.2, -0.15) is 0 Å². The van der Waals surface area contributed by atoms with Gasteiger partial charge >= 0.3 is 0 Å². The minimum absolute atomic E-state index is 0.0553. The van der Waals surface area contributed by atoms with Crippen molar-refractivity contribution in [3.05, 3.63) is 22.4 Å². The zero-order chi connectivity index (χ0) is 13.9. The minimum Gasteiger partial charge on any atom is -0.348 e. The fourth-order valence-electron chi connectivity index (χ4n) is 2.89. The van der Waals surface area contributed by atoms with Gasteiger partial charge in [-0.3, -0.25) is 4.79 Å². The molecule has 0 bridgehead atoms. The number of amides is 1. The van der Waals surface area contributed by atoms with E-state index in [1.54, 1.807) is 11.3 Å². The van der Waals surface area contributed by atoms with Gasteiger partial charge in [0.15, 0.2) is 0 Å². The average Bonchev–Trinajstić information content (AvgIpc) is 2.97. The Morgan fingerprint density at radius 2 is 2.11 bits per heavy atom. The molecule has 1 aromatic heterocycles. The van der Waals surface area contributed by atoms with Gasteiger partial charge in [-0.1, -0.05) is 39.7 Å². The molecule has 3 heteroatoms. The molecule has 1 aromatic rings. The summed E-state index contributed by atoms with van der Waals surface area (Å²) in [6.07, 6.45) is 5.71. The fourth-order valence-corrected chi connectivity index (χ4v) is 3.76. The molecule has 19 heavy (non-hydrogen) atoms. The van der Waals surface area contributed by atoms with Crippen LogP contribution in [0.5, 0.6) is 0 Å². The van der Waals surface area contributed by atoms with Crippen molar-refractivity contribution in [1.82, 2.24) is 5.32 Å². The Labute approximate surface area is 120 Å². The van der Waals surface area contributed by atoms with E-state index in [1.165, 1.54) is 30.6 Å². The first kappa shape index (κ1) is 14.6. The molecule has 0 aromatic carbocycles. The van der Waals surface area contributed by atoms with Crippen LogP contribution in [-0.4, -0.2) is 5.91 Å². The molecule has 1 aliphatic carbocycles. The maximum atomic E-state index is 12.2. The van der Waals surface area contributed by atoms with Crippen molar-refractivity contribution in [2.24, 2.45) is 11.3 Å². The largest absolute Gasteiger partial charge is 0.348 e. The molecule has 2 rings (SSSR count). The quantitative estimate of drug-likeness (QED) is 0.862. The Bertz CT molecular complexity index is 399. The normalized spacial score (nSPS) is 18.5. The number of hydrogen-bond donors (Lipinski definition) is 1. The SMILES string of the molecule is CC(C)(C)CC(=O)N[C@@H](c1cccs1)C1CCCC1. The van der Waals surface area contributed by atoms with Gasteiger partial charge in [0.1, 0.15) is 0 Å². The van der Waals surface area contributed by atoms with Crippen molar-refractivity contribution < 1.29 is 4.79 Å². The predicted molar refractivity (Wildman–Crippen MR) is 81.2 cm³/mol. The van der Waals surface area contributed by atoms with Crippen LogP contribution in [0.15, 0.2) is 17.5 Å². The summed E-state index contributed by atoms with van der Waals surface area (Å²) in [5, 5.41) is 5.39. The Morgan fingerprint density at radius 3 is 2.63 bits per heavy atom. The van der Waals surface area contributed by atoms with Crippen molar-refractivity contribution in [3.63, 3.8) is 0 Å². The highest BCUT2D eigenvalue weighted by molar-refractivity contribution is 7.10. The number of hydrogen-bond acceptors (Lipinski definition) is 2. The molecule has 1 saturated carbocycles. The summed E-state index contributed by atoms with van der Waals surface area (Å²) in [6.45, 7) is 6.34. The van der Waals surface area contributed by atoms with Gasteiger partial charge in [0.05, 0.1) is 6.04 Å². The highest BCUT2D eigenvalue weighted by atomic mass is 32.1. The van der Waals surface area contributed by atoms with Gasteiger partial charge < -0.3 is 5.32 Å². The van der Waals surface area contributed by atoms with E-state index in [0.717, 1.165) is 0 Å². The van der Waals surface area contributed by atoms with Crippen LogP contribution >= 0.6 is 11.3 Å². The van der Waals surface area contributed by atoms with Crippen molar-refractivity contribution in [3.8, 4) is 0 Å². The van der Waals surface area contributed by atoms with Crippen LogP contribution in [0.3, 0.4) is 0 Å². The van der Waals surface area contributed by atoms with Gasteiger partial charge in [-0.25, -0.2) is 0 Å². The maximum absolute atomic E-state index is 12.2. The van der Waals surface area contributed by atoms with Crippen LogP contribution in [0.4, 0.5) is 0 Å². The first-order valence-electron chi connectivity index (χ1n) is 7.28. The van der Waals surface area contributed by atoms with Crippen molar-refractivity contribution in [1.29, 1.82) is 0 Å². The molecule has 0 spiro atoms. The van der Waals surface area contributed by atoms with Crippen molar-refractivity contribution >= 4 is 17.2 Å². The molecule has 0 saturated heterocycles. The molecule has 0 aliphatic heterocycles. The zero-order valence-electron chi connectivity index (χ0n) is 12.2. The fraction of sp³-hybridized carbons (Fsp3) is 0.688. The van der Waals surface area contributed by atoms with Crippen molar-refractivity contribution in [2.75, 3.05) is 0 Å². The molecule has 106 valence electrons. The first-order chi connectivity index (χ1) is 8.96. The lowest BCUT2D eigenvalue weighted by atomic mass is 9.91. The second-order valence-electron chi connectivity index (χ2n) is 6.84. The van der Waals surface area contributed by atoms with Crippen LogP contribution in [0, 0.1) is 11.3 Å². The highest BCUT2D eigenvalue weighted by Gasteiger charge is 2.29. The Morgan fingerprint density at radius 1 is 1.42 bits per heavy atom. The third-order valence-corrected chi connectivity index (χ3v) is 4.68. The average molecular weight is 279 g/mol. The lowest BCUT2D eigenvalue weighted by Gasteiger charge is -2.26. The Balaban J connectivity index is 2.04. The molecule has 1 heterocycles. The van der Waals surface area contributed by atoms with Gasteiger partial charge in [-0.15, -0.1) is 11.3 Å². The summed E-state index contributed by atoms with van der Waals surface area (Å²) >= 11 is 1.76. The highest BCUT2D eigenvalue weighted by Crippen LogP contribution is 2.37. The standard InChI is InChI=1S/C16H25NOS/c1-16(2,3)11-14(18)17-15(12-7-4-5-8-12)13-9-6-10-19-13/h6,9-10,12,15H,4-5,7-8,11H2,1-3H3,(H,17,18)/t15-/m1/s1. The summed E-state index contributed by atoms with van der Waals surface area (Å²) in [7, 11) is 0. The summed E-state index contributed by atoms with van der Waals surface area (Å²) < 4.78 is 0. The van der Waals surface area contributed by atoms with E-state index in [2.05, 4.69) is 43.6 Å².